The summed E-state index contributed by atoms with van der Waals surface area (Å²) in [6.45, 7) is 0. The van der Waals surface area contributed by atoms with Crippen LogP contribution in [0.15, 0.2) is 40.9 Å². The summed E-state index contributed by atoms with van der Waals surface area (Å²) in [6, 6.07) is 8.94. The van der Waals surface area contributed by atoms with Gasteiger partial charge in [-0.15, -0.1) is 0 Å². The first-order chi connectivity index (χ1) is 10.0. The van der Waals surface area contributed by atoms with Crippen molar-refractivity contribution in [3.63, 3.8) is 0 Å². The molecule has 0 aliphatic rings. The number of halogens is 1. The number of carbonyl (C=O) groups excluding carboxylic acids is 1. The molecule has 0 N–H and O–H groups in total. The number of nitro benzene ring substituents is 1. The van der Waals surface area contributed by atoms with Gasteiger partial charge < -0.3 is 9.47 Å². The fraction of sp³-hybridized carbons (Fsp3) is 0.0714. The number of nitrogens with zero attached hydrogens (tertiary/aromatic N) is 1. The van der Waals surface area contributed by atoms with Gasteiger partial charge in [-0.3, -0.25) is 14.9 Å². The summed E-state index contributed by atoms with van der Waals surface area (Å²) in [5.74, 6) is 0.831. The molecule has 0 fully saturated rings. The molecule has 108 valence electrons. The van der Waals surface area contributed by atoms with Crippen molar-refractivity contribution >= 4 is 27.9 Å². The van der Waals surface area contributed by atoms with E-state index < -0.39 is 4.92 Å². The minimum Gasteiger partial charge on any atom is -0.493 e. The third kappa shape index (κ3) is 3.38. The zero-order chi connectivity index (χ0) is 15.4. The van der Waals surface area contributed by atoms with Gasteiger partial charge in [-0.25, -0.2) is 0 Å². The predicted molar refractivity (Wildman–Crippen MR) is 79.3 cm³/mol. The van der Waals surface area contributed by atoms with E-state index in [9.17, 15) is 14.9 Å². The Morgan fingerprint density at radius 3 is 2.48 bits per heavy atom. The maximum Gasteiger partial charge on any atom is 0.273 e. The van der Waals surface area contributed by atoms with Crippen molar-refractivity contribution in [3.8, 4) is 17.2 Å². The van der Waals surface area contributed by atoms with Crippen molar-refractivity contribution in [1.29, 1.82) is 0 Å². The highest BCUT2D eigenvalue weighted by Gasteiger charge is 2.14. The van der Waals surface area contributed by atoms with E-state index in [1.54, 1.807) is 18.2 Å². The molecule has 0 aromatic heterocycles. The van der Waals surface area contributed by atoms with Crippen molar-refractivity contribution in [2.75, 3.05) is 7.11 Å². The third-order valence-electron chi connectivity index (χ3n) is 2.68. The average molecular weight is 352 g/mol. The zero-order valence-electron chi connectivity index (χ0n) is 10.9. The van der Waals surface area contributed by atoms with Crippen LogP contribution < -0.4 is 9.47 Å². The highest BCUT2D eigenvalue weighted by molar-refractivity contribution is 9.10. The van der Waals surface area contributed by atoms with E-state index >= 15 is 0 Å². The first-order valence-corrected chi connectivity index (χ1v) is 6.59. The molecule has 0 aliphatic carbocycles. The molecule has 0 bridgehead atoms. The maximum atomic E-state index is 11.0. The Hall–Kier alpha value is -2.41. The van der Waals surface area contributed by atoms with E-state index in [1.165, 1.54) is 25.3 Å². The van der Waals surface area contributed by atoms with Crippen LogP contribution in [0.1, 0.15) is 10.4 Å². The fourth-order valence-corrected chi connectivity index (χ4v) is 2.06. The topological polar surface area (TPSA) is 78.7 Å². The van der Waals surface area contributed by atoms with Crippen molar-refractivity contribution in [2.24, 2.45) is 0 Å². The summed E-state index contributed by atoms with van der Waals surface area (Å²) >= 11 is 3.26. The molecule has 0 unspecified atom stereocenters. The molecule has 0 aliphatic heterocycles. The number of rotatable bonds is 5. The quantitative estimate of drug-likeness (QED) is 0.462. The number of carbonyl (C=O) groups is 1. The third-order valence-corrected chi connectivity index (χ3v) is 3.17. The van der Waals surface area contributed by atoms with Gasteiger partial charge in [0.15, 0.2) is 17.8 Å². The van der Waals surface area contributed by atoms with Crippen molar-refractivity contribution < 1.29 is 19.2 Å². The SMILES string of the molecule is COc1cc([N+](=O)[O-])ccc1Oc1ccc(Br)cc1C=O. The van der Waals surface area contributed by atoms with Crippen LogP contribution in [0.5, 0.6) is 17.2 Å². The summed E-state index contributed by atoms with van der Waals surface area (Å²) in [4.78, 5) is 21.3. The van der Waals surface area contributed by atoms with Crippen LogP contribution in [-0.2, 0) is 0 Å². The number of hydrogen-bond donors (Lipinski definition) is 0. The average Bonchev–Trinajstić information content (AvgIpc) is 2.49. The molecule has 0 radical (unpaired) electrons. The van der Waals surface area contributed by atoms with Gasteiger partial charge in [0.2, 0.25) is 0 Å². The molecular formula is C14H10BrNO5. The van der Waals surface area contributed by atoms with Gasteiger partial charge >= 0.3 is 0 Å². The minimum absolute atomic E-state index is 0.106. The smallest absolute Gasteiger partial charge is 0.273 e. The summed E-state index contributed by atoms with van der Waals surface area (Å²) in [6.07, 6.45) is 0.665. The van der Waals surface area contributed by atoms with Crippen LogP contribution in [0.3, 0.4) is 0 Å². The molecule has 0 amide bonds. The number of non-ortho nitro benzene ring substituents is 1. The van der Waals surface area contributed by atoms with Crippen LogP contribution in [0.4, 0.5) is 5.69 Å². The predicted octanol–water partition coefficient (Wildman–Crippen LogP) is 3.97. The Morgan fingerprint density at radius 1 is 1.14 bits per heavy atom. The van der Waals surface area contributed by atoms with Gasteiger partial charge in [-0.1, -0.05) is 15.9 Å². The van der Waals surface area contributed by atoms with Crippen molar-refractivity contribution in [2.45, 2.75) is 0 Å². The van der Waals surface area contributed by atoms with E-state index in [2.05, 4.69) is 15.9 Å². The largest absolute Gasteiger partial charge is 0.493 e. The highest BCUT2D eigenvalue weighted by atomic mass is 79.9. The molecule has 2 aromatic carbocycles. The Balaban J connectivity index is 2.39. The van der Waals surface area contributed by atoms with Gasteiger partial charge in [0.25, 0.3) is 5.69 Å². The maximum absolute atomic E-state index is 11.0. The first kappa shape index (κ1) is 15.0. The van der Waals surface area contributed by atoms with E-state index in [1.807, 2.05) is 0 Å². The molecule has 21 heavy (non-hydrogen) atoms. The number of aldehydes is 1. The van der Waals surface area contributed by atoms with Crippen molar-refractivity contribution in [3.05, 3.63) is 56.5 Å². The minimum atomic E-state index is -0.525. The second-order valence-corrected chi connectivity index (χ2v) is 4.91. The lowest BCUT2D eigenvalue weighted by molar-refractivity contribution is -0.384. The number of hydrogen-bond acceptors (Lipinski definition) is 5. The lowest BCUT2D eigenvalue weighted by atomic mass is 10.2. The fourth-order valence-electron chi connectivity index (χ4n) is 1.68. The van der Waals surface area contributed by atoms with Gasteiger partial charge in [0.05, 0.1) is 23.7 Å². The van der Waals surface area contributed by atoms with E-state index in [4.69, 9.17) is 9.47 Å². The lowest BCUT2D eigenvalue weighted by Gasteiger charge is -2.11. The van der Waals surface area contributed by atoms with Crippen LogP contribution in [-0.4, -0.2) is 18.3 Å². The Kier molecular flexibility index (Phi) is 4.54. The second kappa shape index (κ2) is 6.36. The molecule has 0 spiro atoms. The molecule has 0 heterocycles. The monoisotopic (exact) mass is 351 g/mol. The van der Waals surface area contributed by atoms with E-state index in [0.717, 1.165) is 4.47 Å². The molecule has 6 nitrogen and oxygen atoms in total. The molecule has 0 saturated carbocycles. The number of benzene rings is 2. The van der Waals surface area contributed by atoms with Crippen LogP contribution >= 0.6 is 15.9 Å². The van der Waals surface area contributed by atoms with Gasteiger partial charge in [0, 0.05) is 10.5 Å². The zero-order valence-corrected chi connectivity index (χ0v) is 12.5. The molecule has 7 heteroatoms. The summed E-state index contributed by atoms with van der Waals surface area (Å²) in [7, 11) is 1.38. The summed E-state index contributed by atoms with van der Waals surface area (Å²) in [5, 5.41) is 10.7. The van der Waals surface area contributed by atoms with Crippen LogP contribution in [0, 0.1) is 10.1 Å². The molecule has 2 aromatic rings. The molecule has 0 saturated heterocycles. The normalized spacial score (nSPS) is 10.0. The number of methoxy groups -OCH3 is 1. The van der Waals surface area contributed by atoms with Crippen LogP contribution in [0.25, 0.3) is 0 Å². The summed E-state index contributed by atoms with van der Waals surface area (Å²) in [5.41, 5.74) is 0.246. The Morgan fingerprint density at radius 2 is 1.86 bits per heavy atom. The van der Waals surface area contributed by atoms with Crippen molar-refractivity contribution in [1.82, 2.24) is 0 Å². The highest BCUT2D eigenvalue weighted by Crippen LogP contribution is 2.35. The molecule has 0 atom stereocenters. The first-order valence-electron chi connectivity index (χ1n) is 5.80. The molecule has 2 rings (SSSR count). The van der Waals surface area contributed by atoms with E-state index in [0.29, 0.717) is 17.6 Å². The van der Waals surface area contributed by atoms with E-state index in [-0.39, 0.29) is 17.2 Å². The Bertz CT molecular complexity index is 702. The standard InChI is InChI=1S/C14H10BrNO5/c1-20-14-7-11(16(18)19)3-5-13(14)21-12-4-2-10(15)6-9(12)8-17/h2-8H,1H3. The number of ether oxygens (including phenoxy) is 2. The van der Waals surface area contributed by atoms with Gasteiger partial charge in [-0.05, 0) is 24.3 Å². The Labute approximate surface area is 128 Å². The number of nitro groups is 1. The lowest BCUT2D eigenvalue weighted by Crippen LogP contribution is -1.95. The second-order valence-electron chi connectivity index (χ2n) is 3.99. The summed E-state index contributed by atoms with van der Waals surface area (Å²) < 4.78 is 11.4. The van der Waals surface area contributed by atoms with Gasteiger partial charge in [-0.2, -0.15) is 0 Å². The van der Waals surface area contributed by atoms with Crippen LogP contribution in [0.2, 0.25) is 0 Å². The molecular weight excluding hydrogens is 342 g/mol. The van der Waals surface area contributed by atoms with Gasteiger partial charge in [0.1, 0.15) is 5.75 Å².